The van der Waals surface area contributed by atoms with Gasteiger partial charge in [0, 0.05) is 15.8 Å². The van der Waals surface area contributed by atoms with Gasteiger partial charge in [0.1, 0.15) is 0 Å². The Morgan fingerprint density at radius 2 is 2.50 bits per heavy atom. The molecule has 1 heterocycles. The van der Waals surface area contributed by atoms with Crippen LogP contribution >= 0.6 is 11.3 Å². The zero-order chi connectivity index (χ0) is 7.40. The number of aldehydes is 1. The molecule has 10 heavy (non-hydrogen) atoms. The van der Waals surface area contributed by atoms with Crippen LogP contribution in [0.15, 0.2) is 11.4 Å². The molecule has 0 unspecified atom stereocenters. The van der Waals surface area contributed by atoms with Crippen LogP contribution in [0.5, 0.6) is 0 Å². The quantitative estimate of drug-likeness (QED) is 0.405. The van der Waals surface area contributed by atoms with Crippen LogP contribution in [-0.2, 0) is 4.79 Å². The van der Waals surface area contributed by atoms with Crippen LogP contribution in [0, 0.1) is 18.8 Å². The minimum atomic E-state index is 0.604. The van der Waals surface area contributed by atoms with E-state index in [0.717, 1.165) is 5.56 Å². The van der Waals surface area contributed by atoms with Crippen molar-refractivity contribution in [2.24, 2.45) is 0 Å². The van der Waals surface area contributed by atoms with Gasteiger partial charge in [-0.25, -0.2) is 0 Å². The predicted molar refractivity (Wildman–Crippen MR) is 42.0 cm³/mol. The van der Waals surface area contributed by atoms with Gasteiger partial charge in [-0.15, -0.1) is 11.3 Å². The molecule has 0 aliphatic heterocycles. The third-order valence-electron chi connectivity index (χ3n) is 1.01. The first-order valence-corrected chi connectivity index (χ1v) is 3.71. The molecule has 50 valence electrons. The number of hydrogen-bond donors (Lipinski definition) is 0. The Balaban J connectivity index is 2.85. The Kier molecular flexibility index (Phi) is 2.24. The second-order valence-corrected chi connectivity index (χ2v) is 2.95. The van der Waals surface area contributed by atoms with E-state index in [1.54, 1.807) is 11.3 Å². The summed E-state index contributed by atoms with van der Waals surface area (Å²) in [6.07, 6.45) is 0.604. The third-order valence-corrected chi connectivity index (χ3v) is 1.87. The average molecular weight is 150 g/mol. The standard InChI is InChI=1S/C8H6OS/c1-7-5-8(6-10-7)3-2-4-9/h4-6H,1H3. The molecule has 2 heteroatoms. The van der Waals surface area contributed by atoms with Gasteiger partial charge in [-0.1, -0.05) is 5.92 Å². The third kappa shape index (κ3) is 1.71. The Bertz CT molecular complexity index is 288. The van der Waals surface area contributed by atoms with Gasteiger partial charge in [0.15, 0.2) is 6.29 Å². The van der Waals surface area contributed by atoms with E-state index in [4.69, 9.17) is 0 Å². The van der Waals surface area contributed by atoms with E-state index in [0.29, 0.717) is 6.29 Å². The molecule has 1 aromatic heterocycles. The van der Waals surface area contributed by atoms with Crippen LogP contribution in [0.3, 0.4) is 0 Å². The maximum absolute atomic E-state index is 9.81. The Morgan fingerprint density at radius 3 is 3.00 bits per heavy atom. The van der Waals surface area contributed by atoms with Gasteiger partial charge < -0.3 is 0 Å². The molecule has 1 aromatic rings. The lowest BCUT2D eigenvalue weighted by Gasteiger charge is -1.72. The fraction of sp³-hybridized carbons (Fsp3) is 0.125. The van der Waals surface area contributed by atoms with Crippen molar-refractivity contribution >= 4 is 17.6 Å². The van der Waals surface area contributed by atoms with Gasteiger partial charge in [-0.2, -0.15) is 0 Å². The number of hydrogen-bond acceptors (Lipinski definition) is 2. The van der Waals surface area contributed by atoms with Crippen molar-refractivity contribution in [1.82, 2.24) is 0 Å². The lowest BCUT2D eigenvalue weighted by molar-refractivity contribution is -0.103. The molecule has 0 spiro atoms. The highest BCUT2D eigenvalue weighted by Gasteiger charge is 1.88. The normalized spacial score (nSPS) is 8.10. The van der Waals surface area contributed by atoms with E-state index in [-0.39, 0.29) is 0 Å². The second-order valence-electron chi connectivity index (χ2n) is 1.83. The van der Waals surface area contributed by atoms with Gasteiger partial charge >= 0.3 is 0 Å². The van der Waals surface area contributed by atoms with E-state index in [1.807, 2.05) is 18.4 Å². The van der Waals surface area contributed by atoms with Crippen molar-refractivity contribution in [3.63, 3.8) is 0 Å². The Labute approximate surface area is 63.7 Å². The summed E-state index contributed by atoms with van der Waals surface area (Å²) in [4.78, 5) is 11.0. The minimum Gasteiger partial charge on any atom is -0.289 e. The Hall–Kier alpha value is -1.07. The van der Waals surface area contributed by atoms with Crippen molar-refractivity contribution in [3.8, 4) is 11.8 Å². The highest BCUT2D eigenvalue weighted by atomic mass is 32.1. The molecule has 0 aliphatic rings. The summed E-state index contributed by atoms with van der Waals surface area (Å²) in [6.45, 7) is 2.01. The molecule has 0 amide bonds. The van der Waals surface area contributed by atoms with E-state index in [2.05, 4.69) is 11.8 Å². The van der Waals surface area contributed by atoms with Gasteiger partial charge in [0.2, 0.25) is 0 Å². The van der Waals surface area contributed by atoms with Gasteiger partial charge in [0.05, 0.1) is 0 Å². The first kappa shape index (κ1) is 7.04. The number of carbonyl (C=O) groups is 1. The molecule has 0 atom stereocenters. The molecular weight excluding hydrogens is 144 g/mol. The summed E-state index contributed by atoms with van der Waals surface area (Å²) in [7, 11) is 0. The van der Waals surface area contributed by atoms with Crippen molar-refractivity contribution < 1.29 is 4.79 Å². The molecule has 0 fully saturated rings. The van der Waals surface area contributed by atoms with E-state index >= 15 is 0 Å². The molecule has 0 N–H and O–H groups in total. The van der Waals surface area contributed by atoms with Crippen LogP contribution in [-0.4, -0.2) is 6.29 Å². The van der Waals surface area contributed by atoms with Gasteiger partial charge in [-0.05, 0) is 18.9 Å². The fourth-order valence-electron chi connectivity index (χ4n) is 0.622. The number of thiophene rings is 1. The summed E-state index contributed by atoms with van der Waals surface area (Å²) in [6, 6.07) is 1.96. The molecule has 0 saturated carbocycles. The lowest BCUT2D eigenvalue weighted by atomic mass is 10.3. The van der Waals surface area contributed by atoms with E-state index in [9.17, 15) is 4.79 Å². The summed E-state index contributed by atoms with van der Waals surface area (Å²) in [5.74, 6) is 5.06. The molecule has 0 aromatic carbocycles. The van der Waals surface area contributed by atoms with E-state index in [1.165, 1.54) is 4.88 Å². The molecule has 1 rings (SSSR count). The van der Waals surface area contributed by atoms with Crippen LogP contribution in [0.1, 0.15) is 10.4 Å². The highest BCUT2D eigenvalue weighted by molar-refractivity contribution is 7.10. The molecule has 0 aliphatic carbocycles. The summed E-state index contributed by atoms with van der Waals surface area (Å²) < 4.78 is 0. The van der Waals surface area contributed by atoms with E-state index < -0.39 is 0 Å². The summed E-state index contributed by atoms with van der Waals surface area (Å²) >= 11 is 1.64. The minimum absolute atomic E-state index is 0.604. The van der Waals surface area contributed by atoms with Crippen molar-refractivity contribution in [1.29, 1.82) is 0 Å². The van der Waals surface area contributed by atoms with Crippen LogP contribution in [0.2, 0.25) is 0 Å². The number of carbonyl (C=O) groups excluding carboxylic acids is 1. The van der Waals surface area contributed by atoms with Crippen molar-refractivity contribution in [2.75, 3.05) is 0 Å². The second kappa shape index (κ2) is 3.19. The first-order chi connectivity index (χ1) is 4.83. The zero-order valence-electron chi connectivity index (χ0n) is 5.55. The molecular formula is C8H6OS. The maximum atomic E-state index is 9.81. The van der Waals surface area contributed by atoms with Crippen LogP contribution in [0.4, 0.5) is 0 Å². The molecule has 0 saturated heterocycles. The van der Waals surface area contributed by atoms with Crippen molar-refractivity contribution in [3.05, 3.63) is 21.9 Å². The molecule has 0 radical (unpaired) electrons. The maximum Gasteiger partial charge on any atom is 0.193 e. The Morgan fingerprint density at radius 1 is 1.70 bits per heavy atom. The van der Waals surface area contributed by atoms with Gasteiger partial charge in [0.25, 0.3) is 0 Å². The summed E-state index contributed by atoms with van der Waals surface area (Å²) in [5, 5.41) is 1.94. The predicted octanol–water partition coefficient (Wildman–Crippen LogP) is 1.61. The smallest absolute Gasteiger partial charge is 0.193 e. The lowest BCUT2D eigenvalue weighted by Crippen LogP contribution is -1.64. The highest BCUT2D eigenvalue weighted by Crippen LogP contribution is 2.10. The molecule has 0 bridgehead atoms. The average Bonchev–Trinajstić information content (AvgIpc) is 2.31. The fourth-order valence-corrected chi connectivity index (χ4v) is 1.26. The SMILES string of the molecule is Cc1cc(C#CC=O)cs1. The first-order valence-electron chi connectivity index (χ1n) is 2.83. The van der Waals surface area contributed by atoms with Crippen LogP contribution < -0.4 is 0 Å². The van der Waals surface area contributed by atoms with Gasteiger partial charge in [-0.3, -0.25) is 4.79 Å². The number of rotatable bonds is 0. The summed E-state index contributed by atoms with van der Waals surface area (Å²) in [5.41, 5.74) is 0.926. The monoisotopic (exact) mass is 150 g/mol. The molecule has 1 nitrogen and oxygen atoms in total. The zero-order valence-corrected chi connectivity index (χ0v) is 6.37. The van der Waals surface area contributed by atoms with Crippen LogP contribution in [0.25, 0.3) is 0 Å². The largest absolute Gasteiger partial charge is 0.289 e. The number of aryl methyl sites for hydroxylation is 1. The van der Waals surface area contributed by atoms with Crippen molar-refractivity contribution in [2.45, 2.75) is 6.92 Å². The topological polar surface area (TPSA) is 17.1 Å².